The molecule has 0 aromatic carbocycles. The van der Waals surface area contributed by atoms with Crippen LogP contribution in [-0.4, -0.2) is 75.5 Å². The lowest BCUT2D eigenvalue weighted by atomic mass is 9.84. The smallest absolute Gasteiger partial charge is 0.331 e. The van der Waals surface area contributed by atoms with E-state index >= 15 is 0 Å². The van der Waals surface area contributed by atoms with Crippen LogP contribution in [0.5, 0.6) is 0 Å². The van der Waals surface area contributed by atoms with Crippen LogP contribution in [0.4, 0.5) is 0 Å². The fourth-order valence-electron chi connectivity index (χ4n) is 3.77. The summed E-state index contributed by atoms with van der Waals surface area (Å²) in [7, 11) is 3.59. The number of nitrogens with zero attached hydrogens (tertiary/aromatic N) is 2. The number of amides is 2. The van der Waals surface area contributed by atoms with E-state index < -0.39 is 23.5 Å². The van der Waals surface area contributed by atoms with Crippen LogP contribution in [-0.2, 0) is 14.4 Å². The molecule has 1 rings (SSSR count). The minimum absolute atomic E-state index is 0.0147. The van der Waals surface area contributed by atoms with Crippen molar-refractivity contribution in [2.24, 2.45) is 11.3 Å². The topological polar surface area (TPSA) is 90.0 Å². The zero-order valence-corrected chi connectivity index (χ0v) is 20.9. The Morgan fingerprint density at radius 3 is 2.17 bits per heavy atom. The highest BCUT2D eigenvalue weighted by molar-refractivity contribution is 8.00. The number of hydrogen-bond acceptors (Lipinski definition) is 5. The van der Waals surface area contributed by atoms with Crippen LogP contribution in [0.15, 0.2) is 11.6 Å². The molecule has 2 N–H and O–H groups in total. The van der Waals surface area contributed by atoms with Crippen molar-refractivity contribution in [1.82, 2.24) is 15.1 Å². The number of rotatable bonds is 7. The molecule has 0 spiro atoms. The summed E-state index contributed by atoms with van der Waals surface area (Å²) in [5.41, 5.74) is -0.321. The third-order valence-electron chi connectivity index (χ3n) is 5.62. The van der Waals surface area contributed by atoms with E-state index in [-0.39, 0.29) is 34.1 Å². The largest absolute Gasteiger partial charge is 0.478 e. The molecule has 7 nitrogen and oxygen atoms in total. The van der Waals surface area contributed by atoms with Gasteiger partial charge in [-0.1, -0.05) is 40.7 Å². The van der Waals surface area contributed by atoms with Gasteiger partial charge in [-0.25, -0.2) is 4.79 Å². The van der Waals surface area contributed by atoms with Gasteiger partial charge in [0, 0.05) is 23.2 Å². The van der Waals surface area contributed by atoms with E-state index in [1.807, 2.05) is 60.4 Å². The number of thioether (sulfide) groups is 1. The SMILES string of the molecule is C/C(=C\[C@H](C(C)C)N(C)C(=O)[C@@H](NC(=O)[C@@H]1N(C)CSC1(C)C)C(C)(C)C)C(=O)O. The molecule has 0 bridgehead atoms. The van der Waals surface area contributed by atoms with Gasteiger partial charge >= 0.3 is 5.97 Å². The lowest BCUT2D eigenvalue weighted by molar-refractivity contribution is -0.141. The van der Waals surface area contributed by atoms with Crippen molar-refractivity contribution in [3.63, 3.8) is 0 Å². The molecule has 2 amide bonds. The molecule has 172 valence electrons. The summed E-state index contributed by atoms with van der Waals surface area (Å²) in [5.74, 6) is -0.622. The van der Waals surface area contributed by atoms with Crippen LogP contribution in [0.1, 0.15) is 55.4 Å². The number of aliphatic carboxylic acids is 1. The first kappa shape index (κ1) is 26.5. The normalized spacial score (nSPS) is 22.0. The van der Waals surface area contributed by atoms with Gasteiger partial charge in [0.2, 0.25) is 11.8 Å². The van der Waals surface area contributed by atoms with E-state index in [1.54, 1.807) is 29.8 Å². The van der Waals surface area contributed by atoms with E-state index in [0.29, 0.717) is 0 Å². The van der Waals surface area contributed by atoms with Gasteiger partial charge in [-0.15, -0.1) is 11.8 Å². The van der Waals surface area contributed by atoms with Crippen LogP contribution in [0.25, 0.3) is 0 Å². The highest BCUT2D eigenvalue weighted by Crippen LogP contribution is 2.38. The predicted molar refractivity (Wildman–Crippen MR) is 122 cm³/mol. The average Bonchev–Trinajstić information content (AvgIpc) is 2.87. The maximum Gasteiger partial charge on any atom is 0.331 e. The Bertz CT molecular complexity index is 697. The highest BCUT2D eigenvalue weighted by atomic mass is 32.2. The van der Waals surface area contributed by atoms with Crippen molar-refractivity contribution in [3.05, 3.63) is 11.6 Å². The quantitative estimate of drug-likeness (QED) is 0.591. The standard InChI is InChI=1S/C22H39N3O4S/c1-13(2)15(11-14(3)20(28)29)25(10)19(27)16(21(4,5)6)23-18(26)17-22(7,8)30-12-24(17)9/h11,13,15-17H,12H2,1-10H3,(H,23,26)(H,28,29)/b14-11+/t15-,16-,17+/m1/s1. The fourth-order valence-corrected chi connectivity index (χ4v) is 4.90. The molecule has 1 fully saturated rings. The summed E-state index contributed by atoms with van der Waals surface area (Å²) in [5, 5.41) is 12.3. The monoisotopic (exact) mass is 441 g/mol. The Kier molecular flexibility index (Phi) is 8.59. The van der Waals surface area contributed by atoms with Crippen LogP contribution in [0, 0.1) is 11.3 Å². The Hall–Kier alpha value is -1.54. The first-order valence-corrected chi connectivity index (χ1v) is 11.3. The molecule has 0 radical (unpaired) electrons. The molecule has 8 heteroatoms. The van der Waals surface area contributed by atoms with Crippen molar-refractivity contribution >= 4 is 29.5 Å². The van der Waals surface area contributed by atoms with E-state index in [1.165, 1.54) is 6.92 Å². The lowest BCUT2D eigenvalue weighted by Gasteiger charge is -2.39. The van der Waals surface area contributed by atoms with E-state index in [0.717, 1.165) is 5.88 Å². The second-order valence-corrected chi connectivity index (χ2v) is 11.8. The van der Waals surface area contributed by atoms with Gasteiger partial charge in [-0.3, -0.25) is 14.5 Å². The third-order valence-corrected chi connectivity index (χ3v) is 7.13. The van der Waals surface area contributed by atoms with Crippen molar-refractivity contribution in [2.45, 2.75) is 78.3 Å². The van der Waals surface area contributed by atoms with Crippen molar-refractivity contribution < 1.29 is 19.5 Å². The molecule has 0 aromatic rings. The van der Waals surface area contributed by atoms with Gasteiger partial charge < -0.3 is 15.3 Å². The Morgan fingerprint density at radius 2 is 1.80 bits per heavy atom. The summed E-state index contributed by atoms with van der Waals surface area (Å²) >= 11 is 1.72. The van der Waals surface area contributed by atoms with E-state index in [2.05, 4.69) is 5.32 Å². The van der Waals surface area contributed by atoms with Gasteiger partial charge in [-0.2, -0.15) is 0 Å². The maximum atomic E-state index is 13.5. The molecule has 1 saturated heterocycles. The second kappa shape index (κ2) is 9.73. The summed E-state index contributed by atoms with van der Waals surface area (Å²) in [4.78, 5) is 41.6. The summed E-state index contributed by atoms with van der Waals surface area (Å²) < 4.78 is -0.252. The van der Waals surface area contributed by atoms with Gasteiger partial charge in [-0.05, 0) is 39.2 Å². The minimum atomic E-state index is -1.01. The van der Waals surface area contributed by atoms with Crippen LogP contribution in [0.2, 0.25) is 0 Å². The van der Waals surface area contributed by atoms with Crippen molar-refractivity contribution in [1.29, 1.82) is 0 Å². The maximum absolute atomic E-state index is 13.5. The molecule has 1 heterocycles. The molecule has 0 aliphatic carbocycles. The minimum Gasteiger partial charge on any atom is -0.478 e. The summed E-state index contributed by atoms with van der Waals surface area (Å²) in [6.45, 7) is 15.3. The molecule has 0 saturated carbocycles. The van der Waals surface area contributed by atoms with Crippen molar-refractivity contribution in [3.8, 4) is 0 Å². The number of carboxylic acid groups (broad SMARTS) is 1. The molecule has 1 aliphatic rings. The van der Waals surface area contributed by atoms with Crippen LogP contribution >= 0.6 is 11.8 Å². The van der Waals surface area contributed by atoms with Gasteiger partial charge in [0.15, 0.2) is 0 Å². The lowest BCUT2D eigenvalue weighted by Crippen LogP contribution is -2.60. The fraction of sp³-hybridized carbons (Fsp3) is 0.773. The predicted octanol–water partition coefficient (Wildman–Crippen LogP) is 2.81. The molecule has 0 aromatic heterocycles. The molecule has 0 unspecified atom stereocenters. The van der Waals surface area contributed by atoms with Gasteiger partial charge in [0.1, 0.15) is 12.1 Å². The van der Waals surface area contributed by atoms with E-state index in [4.69, 9.17) is 0 Å². The summed E-state index contributed by atoms with van der Waals surface area (Å²) in [6.07, 6.45) is 1.61. The van der Waals surface area contributed by atoms with Gasteiger partial charge in [0.25, 0.3) is 0 Å². The molecule has 30 heavy (non-hydrogen) atoms. The second-order valence-electron chi connectivity index (χ2n) is 10.2. The zero-order chi connectivity index (χ0) is 23.6. The number of likely N-dealkylation sites (N-methyl/N-ethyl adjacent to an activating group) is 2. The number of carbonyl (C=O) groups is 3. The summed E-state index contributed by atoms with van der Waals surface area (Å²) in [6, 6.07) is -1.46. The average molecular weight is 442 g/mol. The van der Waals surface area contributed by atoms with Gasteiger partial charge in [0.05, 0.1) is 6.04 Å². The first-order valence-electron chi connectivity index (χ1n) is 10.3. The molecule has 3 atom stereocenters. The first-order chi connectivity index (χ1) is 13.5. The molecule has 1 aliphatic heterocycles. The molecular weight excluding hydrogens is 402 g/mol. The number of nitrogens with one attached hydrogen (secondary N) is 1. The number of carboxylic acids is 1. The third kappa shape index (κ3) is 6.23. The molecular formula is C22H39N3O4S. The number of hydrogen-bond donors (Lipinski definition) is 2. The van der Waals surface area contributed by atoms with Crippen LogP contribution < -0.4 is 5.32 Å². The zero-order valence-electron chi connectivity index (χ0n) is 20.1. The van der Waals surface area contributed by atoms with E-state index in [9.17, 15) is 19.5 Å². The highest BCUT2D eigenvalue weighted by Gasteiger charge is 2.46. The van der Waals surface area contributed by atoms with Crippen LogP contribution in [0.3, 0.4) is 0 Å². The Labute approximate surface area is 185 Å². The Balaban J connectivity index is 3.19. The van der Waals surface area contributed by atoms with Crippen molar-refractivity contribution in [2.75, 3.05) is 20.0 Å². The Morgan fingerprint density at radius 1 is 1.27 bits per heavy atom. The number of carbonyl (C=O) groups excluding carboxylic acids is 2.